The predicted molar refractivity (Wildman–Crippen MR) is 107 cm³/mol. The van der Waals surface area contributed by atoms with Crippen LogP contribution in [0, 0.1) is 11.7 Å². The summed E-state index contributed by atoms with van der Waals surface area (Å²) in [6.07, 6.45) is 5.83. The Bertz CT molecular complexity index is 762. The van der Waals surface area contributed by atoms with Crippen LogP contribution in [0.25, 0.3) is 0 Å². The van der Waals surface area contributed by atoms with Crippen LogP contribution in [0.2, 0.25) is 0 Å². The van der Waals surface area contributed by atoms with E-state index >= 15 is 0 Å². The lowest BCUT2D eigenvalue weighted by Gasteiger charge is -2.26. The molecule has 2 aromatic carbocycles. The van der Waals surface area contributed by atoms with Gasteiger partial charge in [-0.2, -0.15) is 0 Å². The molecule has 0 saturated carbocycles. The minimum Gasteiger partial charge on any atom is -0.494 e. The maximum atomic E-state index is 13.9. The fraction of sp³-hybridized carbons (Fsp3) is 0.478. The molecule has 4 heteroatoms. The first-order valence-corrected chi connectivity index (χ1v) is 9.89. The van der Waals surface area contributed by atoms with Crippen molar-refractivity contribution >= 4 is 0 Å². The Kier molecular flexibility index (Phi) is 6.86. The second-order valence-corrected chi connectivity index (χ2v) is 7.61. The number of aliphatic hydroxyl groups is 1. The lowest BCUT2D eigenvalue weighted by molar-refractivity contribution is 0.280. The zero-order valence-electron chi connectivity index (χ0n) is 16.1. The molecule has 3 rings (SSSR count). The number of rotatable bonds is 8. The number of halogens is 1. The zero-order valence-corrected chi connectivity index (χ0v) is 16.1. The summed E-state index contributed by atoms with van der Waals surface area (Å²) in [6, 6.07) is 12.0. The van der Waals surface area contributed by atoms with Crippen LogP contribution in [0.3, 0.4) is 0 Å². The first kappa shape index (κ1) is 19.8. The van der Waals surface area contributed by atoms with Crippen LogP contribution in [-0.2, 0) is 19.3 Å². The quantitative estimate of drug-likeness (QED) is 0.737. The number of hydrogen-bond acceptors (Lipinski definition) is 3. The standard InChI is InChI=1S/C23H30FNO2/c1-27-23-9-5-17(13-22(23)24)11-16-4-6-19-14-20(8-7-18(19)12-16)21(15-25)3-2-10-26/h5,7-9,13-14,16,21,26H,2-4,6,10-12,15,25H2,1H3/t16-,21-/m0/s1. The highest BCUT2D eigenvalue weighted by molar-refractivity contribution is 5.37. The minimum atomic E-state index is -0.286. The fourth-order valence-corrected chi connectivity index (χ4v) is 4.21. The van der Waals surface area contributed by atoms with Crippen molar-refractivity contribution in [2.45, 2.75) is 44.4 Å². The Balaban J connectivity index is 1.67. The van der Waals surface area contributed by atoms with Crippen LogP contribution in [0.1, 0.15) is 47.4 Å². The molecule has 0 radical (unpaired) electrons. The smallest absolute Gasteiger partial charge is 0.165 e. The largest absolute Gasteiger partial charge is 0.494 e. The van der Waals surface area contributed by atoms with Crippen LogP contribution in [0.15, 0.2) is 36.4 Å². The number of benzene rings is 2. The molecule has 0 fully saturated rings. The molecule has 0 amide bonds. The molecule has 0 aromatic heterocycles. The molecule has 146 valence electrons. The van der Waals surface area contributed by atoms with Crippen LogP contribution in [-0.4, -0.2) is 25.4 Å². The van der Waals surface area contributed by atoms with E-state index in [1.807, 2.05) is 6.07 Å². The van der Waals surface area contributed by atoms with Gasteiger partial charge in [-0.15, -0.1) is 0 Å². The van der Waals surface area contributed by atoms with Crippen LogP contribution in [0.4, 0.5) is 4.39 Å². The molecule has 0 aliphatic heterocycles. The molecule has 0 heterocycles. The van der Waals surface area contributed by atoms with Crippen LogP contribution < -0.4 is 10.5 Å². The van der Waals surface area contributed by atoms with Gasteiger partial charge in [-0.1, -0.05) is 24.3 Å². The molecule has 0 bridgehead atoms. The summed E-state index contributed by atoms with van der Waals surface area (Å²) >= 11 is 0. The Labute approximate surface area is 161 Å². The Morgan fingerprint density at radius 1 is 1.22 bits per heavy atom. The Morgan fingerprint density at radius 3 is 2.78 bits per heavy atom. The number of hydrogen-bond donors (Lipinski definition) is 2. The van der Waals surface area contributed by atoms with Crippen molar-refractivity contribution in [1.82, 2.24) is 0 Å². The van der Waals surface area contributed by atoms with Gasteiger partial charge in [0, 0.05) is 6.61 Å². The van der Waals surface area contributed by atoms with Gasteiger partial charge in [0.05, 0.1) is 7.11 Å². The second kappa shape index (κ2) is 9.34. The normalized spacial score (nSPS) is 17.4. The van der Waals surface area contributed by atoms with E-state index in [-0.39, 0.29) is 12.4 Å². The highest BCUT2D eigenvalue weighted by Gasteiger charge is 2.21. The third-order valence-electron chi connectivity index (χ3n) is 5.77. The van der Waals surface area contributed by atoms with E-state index in [2.05, 4.69) is 18.2 Å². The summed E-state index contributed by atoms with van der Waals surface area (Å²) < 4.78 is 18.9. The summed E-state index contributed by atoms with van der Waals surface area (Å²) in [4.78, 5) is 0. The fourth-order valence-electron chi connectivity index (χ4n) is 4.21. The average molecular weight is 371 g/mol. The lowest BCUT2D eigenvalue weighted by Crippen LogP contribution is -2.18. The summed E-state index contributed by atoms with van der Waals surface area (Å²) in [5, 5.41) is 9.08. The predicted octanol–water partition coefficient (Wildman–Crippen LogP) is 4.00. The number of methoxy groups -OCH3 is 1. The van der Waals surface area contributed by atoms with Crippen molar-refractivity contribution in [1.29, 1.82) is 0 Å². The maximum Gasteiger partial charge on any atom is 0.165 e. The molecule has 3 nitrogen and oxygen atoms in total. The SMILES string of the molecule is COc1ccc(C[C@@H]2CCc3cc([C@H](CN)CCCO)ccc3C2)cc1F. The van der Waals surface area contributed by atoms with E-state index in [9.17, 15) is 4.39 Å². The van der Waals surface area contributed by atoms with E-state index in [0.29, 0.717) is 24.1 Å². The summed E-state index contributed by atoms with van der Waals surface area (Å²) in [5.41, 5.74) is 11.1. The summed E-state index contributed by atoms with van der Waals surface area (Å²) in [6.45, 7) is 0.833. The highest BCUT2D eigenvalue weighted by Crippen LogP contribution is 2.32. The van der Waals surface area contributed by atoms with Crippen LogP contribution in [0.5, 0.6) is 5.75 Å². The minimum absolute atomic E-state index is 0.217. The van der Waals surface area contributed by atoms with E-state index in [1.54, 1.807) is 12.1 Å². The molecule has 1 aliphatic carbocycles. The van der Waals surface area contributed by atoms with E-state index in [0.717, 1.165) is 44.1 Å². The first-order valence-electron chi connectivity index (χ1n) is 9.89. The average Bonchev–Trinajstić information content (AvgIpc) is 2.68. The van der Waals surface area contributed by atoms with Gasteiger partial charge in [-0.3, -0.25) is 0 Å². The Morgan fingerprint density at radius 2 is 2.07 bits per heavy atom. The van der Waals surface area contributed by atoms with Crippen LogP contribution >= 0.6 is 0 Å². The summed E-state index contributed by atoms with van der Waals surface area (Å²) in [5.74, 6) is 0.876. The maximum absolute atomic E-state index is 13.9. The number of aryl methyl sites for hydroxylation is 1. The number of aliphatic hydroxyl groups excluding tert-OH is 1. The first-order chi connectivity index (χ1) is 13.1. The molecule has 27 heavy (non-hydrogen) atoms. The third-order valence-corrected chi connectivity index (χ3v) is 5.77. The molecule has 2 atom stereocenters. The van der Waals surface area contributed by atoms with Crippen molar-refractivity contribution in [2.75, 3.05) is 20.3 Å². The van der Waals surface area contributed by atoms with Gasteiger partial charge in [0.25, 0.3) is 0 Å². The molecule has 0 unspecified atom stereocenters. The molecular formula is C23H30FNO2. The summed E-state index contributed by atoms with van der Waals surface area (Å²) in [7, 11) is 1.49. The van der Waals surface area contributed by atoms with Crippen molar-refractivity contribution in [2.24, 2.45) is 11.7 Å². The van der Waals surface area contributed by atoms with Gasteiger partial charge < -0.3 is 15.6 Å². The van der Waals surface area contributed by atoms with Crippen molar-refractivity contribution in [3.8, 4) is 5.75 Å². The molecule has 0 saturated heterocycles. The van der Waals surface area contributed by atoms with Gasteiger partial charge in [-0.25, -0.2) is 4.39 Å². The van der Waals surface area contributed by atoms with Gasteiger partial charge in [0.2, 0.25) is 0 Å². The highest BCUT2D eigenvalue weighted by atomic mass is 19.1. The number of nitrogens with two attached hydrogens (primary N) is 1. The monoisotopic (exact) mass is 371 g/mol. The van der Waals surface area contributed by atoms with E-state index in [1.165, 1.54) is 23.8 Å². The molecule has 1 aliphatic rings. The number of fused-ring (bicyclic) bond motifs is 1. The van der Waals surface area contributed by atoms with Crippen molar-refractivity contribution < 1.29 is 14.2 Å². The lowest BCUT2D eigenvalue weighted by atomic mass is 9.79. The molecule has 3 N–H and O–H groups in total. The molecule has 2 aromatic rings. The van der Waals surface area contributed by atoms with Gasteiger partial charge in [0.15, 0.2) is 11.6 Å². The topological polar surface area (TPSA) is 55.5 Å². The third kappa shape index (κ3) is 4.88. The van der Waals surface area contributed by atoms with E-state index in [4.69, 9.17) is 15.6 Å². The zero-order chi connectivity index (χ0) is 19.2. The van der Waals surface area contributed by atoms with E-state index < -0.39 is 0 Å². The Hall–Kier alpha value is -1.91. The van der Waals surface area contributed by atoms with Gasteiger partial charge in [-0.05, 0) is 91.3 Å². The van der Waals surface area contributed by atoms with Crippen molar-refractivity contribution in [3.63, 3.8) is 0 Å². The number of ether oxygens (including phenoxy) is 1. The second-order valence-electron chi connectivity index (χ2n) is 7.61. The van der Waals surface area contributed by atoms with Gasteiger partial charge in [0.1, 0.15) is 0 Å². The molecule has 0 spiro atoms. The van der Waals surface area contributed by atoms with Crippen molar-refractivity contribution in [3.05, 3.63) is 64.5 Å². The van der Waals surface area contributed by atoms with Gasteiger partial charge >= 0.3 is 0 Å². The molecular weight excluding hydrogens is 341 g/mol.